The van der Waals surface area contributed by atoms with Crippen LogP contribution in [0.2, 0.25) is 0 Å². The largest absolute Gasteiger partial charge is 0.477 e. The molecule has 4 atom stereocenters. The second-order valence-corrected chi connectivity index (χ2v) is 5.41. The zero-order valence-electron chi connectivity index (χ0n) is 10.7. The Labute approximate surface area is 115 Å². The molecule has 0 saturated carbocycles. The number of hydrogen-bond donors (Lipinski definition) is 1. The van der Waals surface area contributed by atoms with E-state index in [1.165, 1.54) is 0 Å². The van der Waals surface area contributed by atoms with E-state index in [9.17, 15) is 9.90 Å². The van der Waals surface area contributed by atoms with Crippen LogP contribution in [0.1, 0.15) is 19.3 Å². The van der Waals surface area contributed by atoms with E-state index in [2.05, 4.69) is 15.1 Å². The van der Waals surface area contributed by atoms with Gasteiger partial charge < -0.3 is 9.84 Å². The van der Waals surface area contributed by atoms with Crippen molar-refractivity contribution in [2.24, 2.45) is 11.0 Å². The van der Waals surface area contributed by atoms with Crippen LogP contribution in [0.15, 0.2) is 23.7 Å². The summed E-state index contributed by atoms with van der Waals surface area (Å²) in [5.41, 5.74) is 0.223. The number of carboxylic acid groups (broad SMARTS) is 1. The second-order valence-electron chi connectivity index (χ2n) is 5.41. The summed E-state index contributed by atoms with van der Waals surface area (Å²) in [6.07, 6.45) is 7.65. The SMILES string of the molecule is O=C(O)C1=NN(c2cnccn2)C2C3CCC(CC12)O3. The Balaban J connectivity index is 1.76. The van der Waals surface area contributed by atoms with Gasteiger partial charge in [0.1, 0.15) is 0 Å². The van der Waals surface area contributed by atoms with Crippen molar-refractivity contribution < 1.29 is 14.6 Å². The van der Waals surface area contributed by atoms with Crippen molar-refractivity contribution in [3.63, 3.8) is 0 Å². The van der Waals surface area contributed by atoms with Crippen LogP contribution >= 0.6 is 0 Å². The third kappa shape index (κ3) is 1.62. The Bertz CT molecular complexity index is 576. The van der Waals surface area contributed by atoms with Crippen LogP contribution in [0, 0.1) is 5.92 Å². The molecular formula is C13H14N4O3. The number of aromatic nitrogens is 2. The second kappa shape index (κ2) is 4.24. The molecule has 104 valence electrons. The van der Waals surface area contributed by atoms with E-state index in [0.717, 1.165) is 19.3 Å². The summed E-state index contributed by atoms with van der Waals surface area (Å²) in [6.45, 7) is 0. The number of carboxylic acids is 1. The Hall–Kier alpha value is -2.02. The third-order valence-corrected chi connectivity index (χ3v) is 4.30. The molecule has 4 rings (SSSR count). The van der Waals surface area contributed by atoms with Crippen LogP contribution in [-0.2, 0) is 9.53 Å². The van der Waals surface area contributed by atoms with Crippen LogP contribution in [0.4, 0.5) is 5.82 Å². The zero-order valence-corrected chi connectivity index (χ0v) is 10.7. The molecule has 2 saturated heterocycles. The lowest BCUT2D eigenvalue weighted by Crippen LogP contribution is -2.48. The molecule has 2 bridgehead atoms. The van der Waals surface area contributed by atoms with E-state index in [0.29, 0.717) is 5.82 Å². The van der Waals surface area contributed by atoms with Gasteiger partial charge in [-0.3, -0.25) is 4.98 Å². The molecular weight excluding hydrogens is 260 g/mol. The maximum atomic E-state index is 11.4. The summed E-state index contributed by atoms with van der Waals surface area (Å²) in [7, 11) is 0. The van der Waals surface area contributed by atoms with Crippen molar-refractivity contribution in [3.05, 3.63) is 18.6 Å². The van der Waals surface area contributed by atoms with Crippen molar-refractivity contribution in [1.29, 1.82) is 0 Å². The molecule has 1 N–H and O–H groups in total. The highest BCUT2D eigenvalue weighted by molar-refractivity contribution is 6.37. The van der Waals surface area contributed by atoms with Crippen LogP contribution < -0.4 is 5.01 Å². The molecule has 0 amide bonds. The summed E-state index contributed by atoms with van der Waals surface area (Å²) < 4.78 is 5.93. The minimum Gasteiger partial charge on any atom is -0.477 e. The highest BCUT2D eigenvalue weighted by Gasteiger charge is 2.53. The predicted molar refractivity (Wildman–Crippen MR) is 69.4 cm³/mol. The number of anilines is 1. The first-order chi connectivity index (χ1) is 9.74. The van der Waals surface area contributed by atoms with Gasteiger partial charge in [0, 0.05) is 18.3 Å². The van der Waals surface area contributed by atoms with Crippen molar-refractivity contribution in [1.82, 2.24) is 9.97 Å². The maximum absolute atomic E-state index is 11.4. The van der Waals surface area contributed by atoms with Gasteiger partial charge >= 0.3 is 5.97 Å². The molecule has 3 aliphatic heterocycles. The topological polar surface area (TPSA) is 87.9 Å². The maximum Gasteiger partial charge on any atom is 0.352 e. The third-order valence-electron chi connectivity index (χ3n) is 4.30. The number of carbonyl (C=O) groups is 1. The van der Waals surface area contributed by atoms with Gasteiger partial charge in [-0.2, -0.15) is 5.10 Å². The minimum atomic E-state index is -0.951. The van der Waals surface area contributed by atoms with Crippen LogP contribution in [-0.4, -0.2) is 45.0 Å². The first-order valence-corrected chi connectivity index (χ1v) is 6.76. The lowest BCUT2D eigenvalue weighted by molar-refractivity contribution is -0.129. The van der Waals surface area contributed by atoms with Gasteiger partial charge in [0.2, 0.25) is 0 Å². The molecule has 0 radical (unpaired) electrons. The molecule has 0 spiro atoms. The first-order valence-electron chi connectivity index (χ1n) is 6.76. The summed E-state index contributed by atoms with van der Waals surface area (Å²) >= 11 is 0. The fraction of sp³-hybridized carbons (Fsp3) is 0.538. The average Bonchev–Trinajstić information content (AvgIpc) is 3.03. The van der Waals surface area contributed by atoms with Gasteiger partial charge in [-0.1, -0.05) is 0 Å². The van der Waals surface area contributed by atoms with Crippen molar-refractivity contribution in [2.45, 2.75) is 37.5 Å². The smallest absolute Gasteiger partial charge is 0.352 e. The Morgan fingerprint density at radius 2 is 2.30 bits per heavy atom. The van der Waals surface area contributed by atoms with Gasteiger partial charge in [-0.05, 0) is 19.3 Å². The standard InChI is InChI=1S/C13H14N4O3/c18-13(19)11-8-5-7-1-2-9(20-7)12(8)17(16-11)10-6-14-3-4-15-10/h3-4,6-9,12H,1-2,5H2,(H,18,19). The zero-order chi connectivity index (χ0) is 13.7. The monoisotopic (exact) mass is 274 g/mol. The molecule has 4 unspecified atom stereocenters. The molecule has 7 heteroatoms. The number of hydrogen-bond acceptors (Lipinski definition) is 6. The number of ether oxygens (including phenoxy) is 1. The molecule has 3 aliphatic rings. The van der Waals surface area contributed by atoms with Gasteiger partial charge in [0.15, 0.2) is 11.5 Å². The number of aliphatic carboxylic acids is 1. The molecule has 0 aromatic carbocycles. The van der Waals surface area contributed by atoms with Crippen molar-refractivity contribution in [2.75, 3.05) is 5.01 Å². The molecule has 20 heavy (non-hydrogen) atoms. The van der Waals surface area contributed by atoms with E-state index >= 15 is 0 Å². The van der Waals surface area contributed by atoms with Crippen LogP contribution in [0.3, 0.4) is 0 Å². The number of rotatable bonds is 2. The van der Waals surface area contributed by atoms with Gasteiger partial charge in [-0.25, -0.2) is 14.8 Å². The number of nitrogens with zero attached hydrogens (tertiary/aromatic N) is 4. The summed E-state index contributed by atoms with van der Waals surface area (Å²) in [4.78, 5) is 19.7. The lowest BCUT2D eigenvalue weighted by atomic mass is 9.87. The number of fused-ring (bicyclic) bond motifs is 4. The first kappa shape index (κ1) is 11.8. The van der Waals surface area contributed by atoms with E-state index in [1.807, 2.05) is 0 Å². The van der Waals surface area contributed by atoms with Crippen molar-refractivity contribution >= 4 is 17.5 Å². The molecule has 4 heterocycles. The predicted octanol–water partition coefficient (Wildman–Crippen LogP) is 0.673. The molecule has 1 aromatic rings. The van der Waals surface area contributed by atoms with E-state index < -0.39 is 5.97 Å². The van der Waals surface area contributed by atoms with E-state index in [4.69, 9.17) is 4.74 Å². The fourth-order valence-corrected chi connectivity index (χ4v) is 3.51. The average molecular weight is 274 g/mol. The summed E-state index contributed by atoms with van der Waals surface area (Å²) in [5, 5.41) is 15.4. The van der Waals surface area contributed by atoms with Gasteiger partial charge in [0.05, 0.1) is 24.4 Å². The fourth-order valence-electron chi connectivity index (χ4n) is 3.51. The van der Waals surface area contributed by atoms with Gasteiger partial charge in [-0.15, -0.1) is 0 Å². The normalized spacial score (nSPS) is 34.8. The number of hydrazone groups is 1. The highest BCUT2D eigenvalue weighted by atomic mass is 16.5. The Morgan fingerprint density at radius 3 is 3.05 bits per heavy atom. The summed E-state index contributed by atoms with van der Waals surface area (Å²) in [5.74, 6) is -0.457. The molecule has 7 nitrogen and oxygen atoms in total. The minimum absolute atomic E-state index is 0.0290. The Kier molecular flexibility index (Phi) is 2.50. The molecule has 0 aliphatic carbocycles. The quantitative estimate of drug-likeness (QED) is 0.853. The van der Waals surface area contributed by atoms with Crippen molar-refractivity contribution in [3.8, 4) is 0 Å². The highest BCUT2D eigenvalue weighted by Crippen LogP contribution is 2.43. The summed E-state index contributed by atoms with van der Waals surface area (Å²) in [6, 6.07) is -0.0726. The van der Waals surface area contributed by atoms with E-state index in [1.54, 1.807) is 23.6 Å². The lowest BCUT2D eigenvalue weighted by Gasteiger charge is -2.35. The van der Waals surface area contributed by atoms with Gasteiger partial charge in [0.25, 0.3) is 0 Å². The van der Waals surface area contributed by atoms with Crippen LogP contribution in [0.5, 0.6) is 0 Å². The molecule has 2 fully saturated rings. The Morgan fingerprint density at radius 1 is 1.40 bits per heavy atom. The van der Waals surface area contributed by atoms with E-state index in [-0.39, 0.29) is 29.9 Å². The molecule has 1 aromatic heterocycles. The van der Waals surface area contributed by atoms with Crippen LogP contribution in [0.25, 0.3) is 0 Å².